The predicted molar refractivity (Wildman–Crippen MR) is 109 cm³/mol. The van der Waals surface area contributed by atoms with Gasteiger partial charge in [0.1, 0.15) is 17.2 Å². The molecule has 0 fully saturated rings. The van der Waals surface area contributed by atoms with Gasteiger partial charge in [0.2, 0.25) is 0 Å². The highest BCUT2D eigenvalue weighted by Crippen LogP contribution is 2.34. The van der Waals surface area contributed by atoms with Crippen molar-refractivity contribution in [2.24, 2.45) is 0 Å². The molecule has 29 heavy (non-hydrogen) atoms. The molecule has 0 aliphatic carbocycles. The van der Waals surface area contributed by atoms with Gasteiger partial charge in [-0.25, -0.2) is 0 Å². The Morgan fingerprint density at radius 2 is 1.69 bits per heavy atom. The summed E-state index contributed by atoms with van der Waals surface area (Å²) in [5, 5.41) is 3.14. The van der Waals surface area contributed by atoms with Crippen LogP contribution in [0.25, 0.3) is 5.57 Å². The van der Waals surface area contributed by atoms with Crippen LogP contribution < -0.4 is 10.1 Å². The second kappa shape index (κ2) is 8.06. The third kappa shape index (κ3) is 3.65. The Labute approximate surface area is 168 Å². The van der Waals surface area contributed by atoms with Crippen LogP contribution in [0.1, 0.15) is 18.2 Å². The molecule has 0 radical (unpaired) electrons. The lowest BCUT2D eigenvalue weighted by molar-refractivity contribution is -0.137. The maximum absolute atomic E-state index is 13.2. The normalized spacial score (nSPS) is 13.9. The van der Waals surface area contributed by atoms with E-state index in [1.165, 1.54) is 11.2 Å². The standard InChI is InChI=1S/C23H20N2O4/c1-2-28-19-13-7-6-12-18(19)24-21-20(16-9-4-3-5-10-16)22(26)25(23(21)27)15-17-11-8-14-29-17/h3-14,24H,2,15H2,1H3. The number of benzene rings is 2. The first-order valence-electron chi connectivity index (χ1n) is 9.36. The number of hydrogen-bond donors (Lipinski definition) is 1. The van der Waals surface area contributed by atoms with Gasteiger partial charge in [0.05, 0.1) is 30.7 Å². The van der Waals surface area contributed by atoms with Crippen molar-refractivity contribution in [3.05, 3.63) is 90.0 Å². The molecular weight excluding hydrogens is 368 g/mol. The van der Waals surface area contributed by atoms with Crippen LogP contribution in [0.15, 0.2) is 83.1 Å². The van der Waals surface area contributed by atoms with Crippen LogP contribution in [-0.2, 0) is 16.1 Å². The molecule has 6 heteroatoms. The number of carbonyl (C=O) groups excluding carboxylic acids is 2. The monoisotopic (exact) mass is 388 g/mol. The first kappa shape index (κ1) is 18.6. The van der Waals surface area contributed by atoms with E-state index in [0.717, 1.165) is 0 Å². The second-order valence-corrected chi connectivity index (χ2v) is 6.45. The third-order valence-electron chi connectivity index (χ3n) is 4.57. The van der Waals surface area contributed by atoms with Crippen LogP contribution in [0.4, 0.5) is 5.69 Å². The second-order valence-electron chi connectivity index (χ2n) is 6.45. The Hall–Kier alpha value is -3.80. The predicted octanol–water partition coefficient (Wildman–Crippen LogP) is 4.07. The van der Waals surface area contributed by atoms with Crippen LogP contribution in [0, 0.1) is 0 Å². The molecule has 1 aliphatic heterocycles. The lowest BCUT2D eigenvalue weighted by Gasteiger charge is -2.15. The molecule has 1 aromatic heterocycles. The van der Waals surface area contributed by atoms with Crippen LogP contribution in [-0.4, -0.2) is 23.3 Å². The molecule has 4 rings (SSSR count). The van der Waals surface area contributed by atoms with Crippen LogP contribution in [0.5, 0.6) is 5.75 Å². The van der Waals surface area contributed by atoms with E-state index in [-0.39, 0.29) is 18.1 Å². The molecule has 1 N–H and O–H groups in total. The molecule has 3 aromatic rings. The average molecular weight is 388 g/mol. The first-order valence-corrected chi connectivity index (χ1v) is 9.36. The molecule has 146 valence electrons. The Morgan fingerprint density at radius 3 is 2.41 bits per heavy atom. The highest BCUT2D eigenvalue weighted by atomic mass is 16.5. The number of anilines is 1. The zero-order valence-corrected chi connectivity index (χ0v) is 15.9. The van der Waals surface area contributed by atoms with Gasteiger partial charge in [-0.1, -0.05) is 42.5 Å². The SMILES string of the molecule is CCOc1ccccc1NC1=C(c2ccccc2)C(=O)N(Cc2ccco2)C1=O. The van der Waals surface area contributed by atoms with Crippen molar-refractivity contribution in [2.45, 2.75) is 13.5 Å². The fraction of sp³-hybridized carbons (Fsp3) is 0.130. The summed E-state index contributed by atoms with van der Waals surface area (Å²) in [7, 11) is 0. The number of amides is 2. The van der Waals surface area contributed by atoms with E-state index in [1.54, 1.807) is 12.1 Å². The number of ether oxygens (including phenoxy) is 1. The number of carbonyl (C=O) groups is 2. The Morgan fingerprint density at radius 1 is 0.931 bits per heavy atom. The van der Waals surface area contributed by atoms with Gasteiger partial charge in [-0.2, -0.15) is 0 Å². The smallest absolute Gasteiger partial charge is 0.278 e. The van der Waals surface area contributed by atoms with Gasteiger partial charge in [0, 0.05) is 0 Å². The molecule has 1 aliphatic rings. The largest absolute Gasteiger partial charge is 0.492 e. The number of furan rings is 1. The summed E-state index contributed by atoms with van der Waals surface area (Å²) in [6.07, 6.45) is 1.52. The maximum atomic E-state index is 13.2. The minimum Gasteiger partial charge on any atom is -0.492 e. The van der Waals surface area contributed by atoms with Gasteiger partial charge in [-0.05, 0) is 36.8 Å². The summed E-state index contributed by atoms with van der Waals surface area (Å²) >= 11 is 0. The maximum Gasteiger partial charge on any atom is 0.278 e. The number of nitrogens with one attached hydrogen (secondary N) is 1. The third-order valence-corrected chi connectivity index (χ3v) is 4.57. The molecule has 0 spiro atoms. The van der Waals surface area contributed by atoms with Crippen molar-refractivity contribution < 1.29 is 18.7 Å². The van der Waals surface area contributed by atoms with Crippen LogP contribution in [0.3, 0.4) is 0 Å². The number of rotatable bonds is 7. The molecule has 0 saturated carbocycles. The number of hydrogen-bond acceptors (Lipinski definition) is 5. The number of para-hydroxylation sites is 2. The van der Waals surface area contributed by atoms with Crippen LogP contribution >= 0.6 is 0 Å². The van der Waals surface area contributed by atoms with E-state index in [9.17, 15) is 9.59 Å². The number of imide groups is 1. The van der Waals surface area contributed by atoms with E-state index in [1.807, 2.05) is 61.5 Å². The molecule has 0 saturated heterocycles. The fourth-order valence-electron chi connectivity index (χ4n) is 3.25. The van der Waals surface area contributed by atoms with Gasteiger partial charge in [-0.3, -0.25) is 14.5 Å². The van der Waals surface area contributed by atoms with Crippen molar-refractivity contribution in [3.63, 3.8) is 0 Å². The number of nitrogens with zero attached hydrogens (tertiary/aromatic N) is 1. The minimum absolute atomic E-state index is 0.0687. The van der Waals surface area contributed by atoms with Crippen molar-refractivity contribution in [3.8, 4) is 5.75 Å². The summed E-state index contributed by atoms with van der Waals surface area (Å²) in [6, 6.07) is 19.9. The average Bonchev–Trinajstić information content (AvgIpc) is 3.33. The summed E-state index contributed by atoms with van der Waals surface area (Å²) < 4.78 is 11.0. The summed E-state index contributed by atoms with van der Waals surface area (Å²) in [5.74, 6) is 0.375. The highest BCUT2D eigenvalue weighted by Gasteiger charge is 2.39. The molecule has 2 heterocycles. The van der Waals surface area contributed by atoms with Gasteiger partial charge in [0.15, 0.2) is 0 Å². The van der Waals surface area contributed by atoms with E-state index in [4.69, 9.17) is 9.15 Å². The fourth-order valence-corrected chi connectivity index (χ4v) is 3.25. The van der Waals surface area contributed by atoms with E-state index in [0.29, 0.717) is 34.9 Å². The lowest BCUT2D eigenvalue weighted by Crippen LogP contribution is -2.31. The lowest BCUT2D eigenvalue weighted by atomic mass is 10.0. The zero-order chi connectivity index (χ0) is 20.2. The summed E-state index contributed by atoms with van der Waals surface area (Å²) in [4.78, 5) is 27.6. The molecule has 0 unspecified atom stereocenters. The quantitative estimate of drug-likeness (QED) is 0.618. The molecule has 0 bridgehead atoms. The molecule has 2 aromatic carbocycles. The topological polar surface area (TPSA) is 71.8 Å². The van der Waals surface area contributed by atoms with Crippen molar-refractivity contribution in [1.82, 2.24) is 4.90 Å². The minimum atomic E-state index is -0.406. The van der Waals surface area contributed by atoms with Gasteiger partial charge in [0.25, 0.3) is 11.8 Å². The summed E-state index contributed by atoms with van der Waals surface area (Å²) in [5.41, 5.74) is 1.84. The Balaban J connectivity index is 1.75. The molecule has 6 nitrogen and oxygen atoms in total. The molecule has 0 atom stereocenters. The Kier molecular flexibility index (Phi) is 5.16. The van der Waals surface area contributed by atoms with Crippen molar-refractivity contribution in [1.29, 1.82) is 0 Å². The van der Waals surface area contributed by atoms with Crippen molar-refractivity contribution in [2.75, 3.05) is 11.9 Å². The van der Waals surface area contributed by atoms with E-state index < -0.39 is 5.91 Å². The summed E-state index contributed by atoms with van der Waals surface area (Å²) in [6.45, 7) is 2.45. The molecular formula is C23H20N2O4. The zero-order valence-electron chi connectivity index (χ0n) is 15.9. The first-order chi connectivity index (χ1) is 14.2. The molecule has 2 amide bonds. The van der Waals surface area contributed by atoms with Crippen LogP contribution in [0.2, 0.25) is 0 Å². The van der Waals surface area contributed by atoms with E-state index in [2.05, 4.69) is 5.32 Å². The van der Waals surface area contributed by atoms with E-state index >= 15 is 0 Å². The van der Waals surface area contributed by atoms with Crippen molar-refractivity contribution >= 4 is 23.1 Å². The van der Waals surface area contributed by atoms with Gasteiger partial charge >= 0.3 is 0 Å². The van der Waals surface area contributed by atoms with Gasteiger partial charge < -0.3 is 14.5 Å². The Bertz CT molecular complexity index is 1060. The van der Waals surface area contributed by atoms with Gasteiger partial charge in [-0.15, -0.1) is 0 Å². The highest BCUT2D eigenvalue weighted by molar-refractivity contribution is 6.36.